The summed E-state index contributed by atoms with van der Waals surface area (Å²) < 4.78 is 2.91. The van der Waals surface area contributed by atoms with Gasteiger partial charge in [-0.2, -0.15) is 0 Å². The van der Waals surface area contributed by atoms with Crippen LogP contribution in [0.25, 0.3) is 10.8 Å². The number of hydrogen-bond donors (Lipinski definition) is 1. The molecule has 0 radical (unpaired) electrons. The molecule has 0 unspecified atom stereocenters. The van der Waals surface area contributed by atoms with Crippen LogP contribution in [-0.4, -0.2) is 9.67 Å². The monoisotopic (exact) mass is 363 g/mol. The number of aromatic nitrogens is 1. The van der Waals surface area contributed by atoms with E-state index < -0.39 is 0 Å². The van der Waals surface area contributed by atoms with Crippen LogP contribution < -0.4 is 0 Å². The average Bonchev–Trinajstić information content (AvgIpc) is 2.76. The molecule has 0 saturated carbocycles. The Morgan fingerprint density at radius 1 is 1.19 bits per heavy atom. The van der Waals surface area contributed by atoms with Crippen molar-refractivity contribution >= 4 is 38.3 Å². The third kappa shape index (κ3) is 2.56. The van der Waals surface area contributed by atoms with E-state index in [1.165, 1.54) is 0 Å². The van der Waals surface area contributed by atoms with Crippen LogP contribution in [-0.2, 0) is 0 Å². The minimum atomic E-state index is 0.0350. The van der Waals surface area contributed by atoms with Gasteiger partial charge in [-0.15, -0.1) is 0 Å². The second-order valence-corrected chi connectivity index (χ2v) is 6.63. The zero-order chi connectivity index (χ0) is 15.1. The predicted molar refractivity (Wildman–Crippen MR) is 91.3 cm³/mol. The fourth-order valence-electron chi connectivity index (χ4n) is 2.71. The molecule has 0 spiro atoms. The molecule has 0 aliphatic carbocycles. The van der Waals surface area contributed by atoms with Crippen LogP contribution in [0.3, 0.4) is 0 Å². The first kappa shape index (κ1) is 14.5. The largest absolute Gasteiger partial charge is 0.494 e. The van der Waals surface area contributed by atoms with Gasteiger partial charge in [0.1, 0.15) is 0 Å². The zero-order valence-corrected chi connectivity index (χ0v) is 14.1. The molecular weight excluding hydrogens is 350 g/mol. The van der Waals surface area contributed by atoms with Crippen LogP contribution in [0.5, 0.6) is 5.88 Å². The first-order valence-corrected chi connectivity index (χ1v) is 7.89. The minimum Gasteiger partial charge on any atom is -0.494 e. The standard InChI is InChI=1S/C17H15BrClNO/c1-10-7-14(18)8-13-9-20(17(21)16(10)13)11(2)12-3-5-15(19)6-4-12/h3-9,11,21H,1-2H3/t11-/m1/s1. The van der Waals surface area contributed by atoms with Crippen molar-refractivity contribution < 1.29 is 5.11 Å². The van der Waals surface area contributed by atoms with Gasteiger partial charge in [-0.1, -0.05) is 39.7 Å². The molecule has 0 saturated heterocycles. The highest BCUT2D eigenvalue weighted by Crippen LogP contribution is 2.36. The van der Waals surface area contributed by atoms with Crippen molar-refractivity contribution in [3.8, 4) is 5.88 Å². The van der Waals surface area contributed by atoms with Crippen molar-refractivity contribution in [2.75, 3.05) is 0 Å². The van der Waals surface area contributed by atoms with Gasteiger partial charge >= 0.3 is 0 Å². The molecule has 1 aromatic heterocycles. The van der Waals surface area contributed by atoms with Gasteiger partial charge in [-0.3, -0.25) is 0 Å². The first-order valence-electron chi connectivity index (χ1n) is 6.72. The van der Waals surface area contributed by atoms with Gasteiger partial charge in [0.25, 0.3) is 0 Å². The van der Waals surface area contributed by atoms with Crippen LogP contribution in [0.15, 0.2) is 47.1 Å². The van der Waals surface area contributed by atoms with Gasteiger partial charge in [0.15, 0.2) is 5.88 Å². The molecule has 3 rings (SSSR count). The van der Waals surface area contributed by atoms with Gasteiger partial charge in [-0.25, -0.2) is 0 Å². The first-order chi connectivity index (χ1) is 9.97. The molecule has 0 amide bonds. The highest BCUT2D eigenvalue weighted by Gasteiger charge is 2.16. The Kier molecular flexibility index (Phi) is 3.72. The Balaban J connectivity index is 2.14. The lowest BCUT2D eigenvalue weighted by atomic mass is 10.1. The zero-order valence-electron chi connectivity index (χ0n) is 11.8. The lowest BCUT2D eigenvalue weighted by Gasteiger charge is -2.15. The summed E-state index contributed by atoms with van der Waals surface area (Å²) in [6, 6.07) is 11.8. The Labute approximate surface area is 137 Å². The van der Waals surface area contributed by atoms with Crippen LogP contribution in [0.4, 0.5) is 0 Å². The normalized spacial score (nSPS) is 12.8. The number of aromatic hydroxyl groups is 1. The third-order valence-electron chi connectivity index (χ3n) is 3.85. The summed E-state index contributed by atoms with van der Waals surface area (Å²) in [6.45, 7) is 4.07. The van der Waals surface area contributed by atoms with Crippen molar-refractivity contribution in [2.45, 2.75) is 19.9 Å². The molecule has 4 heteroatoms. The van der Waals surface area contributed by atoms with Crippen molar-refractivity contribution in [2.24, 2.45) is 0 Å². The van der Waals surface area contributed by atoms with Crippen molar-refractivity contribution in [1.82, 2.24) is 4.57 Å². The molecule has 2 aromatic carbocycles. The van der Waals surface area contributed by atoms with Gasteiger partial charge < -0.3 is 9.67 Å². The average molecular weight is 365 g/mol. The molecular formula is C17H15BrClNO. The summed E-state index contributed by atoms with van der Waals surface area (Å²) in [6.07, 6.45) is 1.99. The third-order valence-corrected chi connectivity index (χ3v) is 4.56. The van der Waals surface area contributed by atoms with E-state index in [0.717, 1.165) is 26.4 Å². The smallest absolute Gasteiger partial charge is 0.199 e. The Bertz CT molecular complexity index is 808. The van der Waals surface area contributed by atoms with E-state index in [1.807, 2.05) is 54.1 Å². The molecule has 0 fully saturated rings. The van der Waals surface area contributed by atoms with Crippen molar-refractivity contribution in [1.29, 1.82) is 0 Å². The minimum absolute atomic E-state index is 0.0350. The number of nitrogens with zero attached hydrogens (tertiary/aromatic N) is 1. The number of fused-ring (bicyclic) bond motifs is 1. The predicted octanol–water partition coefficient (Wildman–Crippen LogP) is 5.68. The molecule has 0 bridgehead atoms. The van der Waals surface area contributed by atoms with Gasteiger partial charge in [0.05, 0.1) is 6.04 Å². The van der Waals surface area contributed by atoms with E-state index in [2.05, 4.69) is 22.9 Å². The lowest BCUT2D eigenvalue weighted by Crippen LogP contribution is -2.04. The molecule has 1 heterocycles. The van der Waals surface area contributed by atoms with Crippen molar-refractivity contribution in [3.63, 3.8) is 0 Å². The molecule has 0 aliphatic heterocycles. The number of aryl methyl sites for hydroxylation is 1. The van der Waals surface area contributed by atoms with E-state index in [0.29, 0.717) is 10.9 Å². The summed E-state index contributed by atoms with van der Waals surface area (Å²) in [5, 5.41) is 13.2. The number of halogens is 2. The summed E-state index contributed by atoms with van der Waals surface area (Å²) in [5.41, 5.74) is 2.16. The fraction of sp³-hybridized carbons (Fsp3) is 0.176. The molecule has 2 nitrogen and oxygen atoms in total. The van der Waals surface area contributed by atoms with E-state index >= 15 is 0 Å². The quantitative estimate of drug-likeness (QED) is 0.621. The maximum atomic E-state index is 10.6. The Hall–Kier alpha value is -1.45. The van der Waals surface area contributed by atoms with Crippen LogP contribution in [0, 0.1) is 6.92 Å². The summed E-state index contributed by atoms with van der Waals surface area (Å²) in [7, 11) is 0. The van der Waals surface area contributed by atoms with E-state index in [-0.39, 0.29) is 6.04 Å². The van der Waals surface area contributed by atoms with E-state index in [4.69, 9.17) is 11.6 Å². The van der Waals surface area contributed by atoms with Gasteiger partial charge in [-0.05, 0) is 49.2 Å². The molecule has 0 aliphatic rings. The summed E-state index contributed by atoms with van der Waals surface area (Å²) >= 11 is 9.44. The van der Waals surface area contributed by atoms with Gasteiger partial charge in [0, 0.05) is 26.5 Å². The fourth-order valence-corrected chi connectivity index (χ4v) is 3.43. The molecule has 3 aromatic rings. The maximum Gasteiger partial charge on any atom is 0.199 e. The molecule has 1 atom stereocenters. The summed E-state index contributed by atoms with van der Waals surface area (Å²) in [4.78, 5) is 0. The molecule has 108 valence electrons. The van der Waals surface area contributed by atoms with E-state index in [9.17, 15) is 5.11 Å². The number of hydrogen-bond acceptors (Lipinski definition) is 1. The Morgan fingerprint density at radius 3 is 2.52 bits per heavy atom. The lowest BCUT2D eigenvalue weighted by molar-refractivity contribution is 0.412. The molecule has 21 heavy (non-hydrogen) atoms. The second-order valence-electron chi connectivity index (χ2n) is 5.27. The topological polar surface area (TPSA) is 25.2 Å². The van der Waals surface area contributed by atoms with Crippen LogP contribution in [0.1, 0.15) is 24.1 Å². The van der Waals surface area contributed by atoms with Crippen LogP contribution in [0.2, 0.25) is 5.02 Å². The highest BCUT2D eigenvalue weighted by molar-refractivity contribution is 9.10. The number of rotatable bonds is 2. The second kappa shape index (κ2) is 5.39. The highest BCUT2D eigenvalue weighted by atomic mass is 79.9. The number of benzene rings is 2. The van der Waals surface area contributed by atoms with Gasteiger partial charge in [0.2, 0.25) is 0 Å². The van der Waals surface area contributed by atoms with Crippen molar-refractivity contribution in [3.05, 3.63) is 63.2 Å². The van der Waals surface area contributed by atoms with Crippen LogP contribution >= 0.6 is 27.5 Å². The molecule has 1 N–H and O–H groups in total. The van der Waals surface area contributed by atoms with E-state index in [1.54, 1.807) is 0 Å². The SMILES string of the molecule is Cc1cc(Br)cc2cn([C@H](C)c3ccc(Cl)cc3)c(O)c12. The maximum absolute atomic E-state index is 10.6. The summed E-state index contributed by atoms with van der Waals surface area (Å²) in [5.74, 6) is 0.303. The Morgan fingerprint density at radius 2 is 1.86 bits per heavy atom.